The predicted molar refractivity (Wildman–Crippen MR) is 127 cm³/mol. The minimum Gasteiger partial charge on any atom is -0.480 e. The maximum Gasteiger partial charge on any atom is 0.321 e. The van der Waals surface area contributed by atoms with Crippen LogP contribution in [-0.4, -0.2) is 41.2 Å². The molecule has 178 valence electrons. The molecule has 0 saturated carbocycles. The van der Waals surface area contributed by atoms with Gasteiger partial charge in [0.2, 0.25) is 0 Å². The summed E-state index contributed by atoms with van der Waals surface area (Å²) in [5.74, 6) is -2.74. The van der Waals surface area contributed by atoms with E-state index in [0.29, 0.717) is 10.6 Å². The second kappa shape index (κ2) is 10.1. The van der Waals surface area contributed by atoms with E-state index in [1.807, 2.05) is 51.1 Å². The largest absolute Gasteiger partial charge is 0.480 e. The second-order valence-electron chi connectivity index (χ2n) is 9.46. The van der Waals surface area contributed by atoms with Gasteiger partial charge in [-0.3, -0.25) is 14.9 Å². The predicted octanol–water partition coefficient (Wildman–Crippen LogP) is 4.69. The van der Waals surface area contributed by atoms with Crippen molar-refractivity contribution in [2.24, 2.45) is 17.3 Å². The third kappa shape index (κ3) is 5.26. The topological polar surface area (TPSA) is 95.9 Å². The molecule has 2 aromatic rings. The van der Waals surface area contributed by atoms with Crippen LogP contribution in [0.1, 0.15) is 44.0 Å². The standard InChI is InChI=1S/C25H29Cl2NO5/c1-25(2,3)18-17(19(28-20(18)24(31)32)13-8-6-5-7-9-13)22(30)23(33-4)21(29)15-11-10-14(26)12-16(15)27/h5-12,17-21,23,28-29H,1-4H3,(H,31,32). The van der Waals surface area contributed by atoms with E-state index < -0.39 is 47.5 Å². The molecule has 2 aromatic carbocycles. The highest BCUT2D eigenvalue weighted by Crippen LogP contribution is 2.48. The summed E-state index contributed by atoms with van der Waals surface area (Å²) in [5.41, 5.74) is 0.578. The number of aliphatic carboxylic acids is 1. The quantitative estimate of drug-likeness (QED) is 0.517. The molecule has 1 saturated heterocycles. The molecule has 1 fully saturated rings. The smallest absolute Gasteiger partial charge is 0.321 e. The molecule has 6 atom stereocenters. The molecule has 0 radical (unpaired) electrons. The van der Waals surface area contributed by atoms with Gasteiger partial charge in [-0.25, -0.2) is 0 Å². The molecule has 6 nitrogen and oxygen atoms in total. The third-order valence-electron chi connectivity index (χ3n) is 6.32. The first-order valence-corrected chi connectivity index (χ1v) is 11.5. The van der Waals surface area contributed by atoms with Crippen LogP contribution < -0.4 is 5.32 Å². The average molecular weight is 494 g/mol. The van der Waals surface area contributed by atoms with Crippen molar-refractivity contribution in [1.82, 2.24) is 5.32 Å². The Balaban J connectivity index is 2.08. The summed E-state index contributed by atoms with van der Waals surface area (Å²) < 4.78 is 5.50. The molecule has 0 spiro atoms. The van der Waals surface area contributed by atoms with Crippen LogP contribution in [0.3, 0.4) is 0 Å². The highest BCUT2D eigenvalue weighted by molar-refractivity contribution is 6.35. The number of hydrogen-bond acceptors (Lipinski definition) is 5. The van der Waals surface area contributed by atoms with E-state index in [1.165, 1.54) is 13.2 Å². The molecule has 6 unspecified atom stereocenters. The summed E-state index contributed by atoms with van der Waals surface area (Å²) in [7, 11) is 1.34. The van der Waals surface area contributed by atoms with Gasteiger partial charge in [0.1, 0.15) is 18.2 Å². The van der Waals surface area contributed by atoms with Crippen molar-refractivity contribution in [3.05, 3.63) is 69.7 Å². The molecule has 8 heteroatoms. The van der Waals surface area contributed by atoms with Gasteiger partial charge < -0.3 is 14.9 Å². The van der Waals surface area contributed by atoms with Crippen LogP contribution >= 0.6 is 23.2 Å². The van der Waals surface area contributed by atoms with Crippen molar-refractivity contribution >= 4 is 35.0 Å². The number of ether oxygens (including phenoxy) is 1. The monoisotopic (exact) mass is 493 g/mol. The van der Waals surface area contributed by atoms with Gasteiger partial charge in [0.05, 0.1) is 0 Å². The molecule has 1 heterocycles. The number of carbonyl (C=O) groups excluding carboxylic acids is 1. The van der Waals surface area contributed by atoms with Crippen molar-refractivity contribution in [3.8, 4) is 0 Å². The van der Waals surface area contributed by atoms with E-state index in [2.05, 4.69) is 5.32 Å². The van der Waals surface area contributed by atoms with E-state index in [-0.39, 0.29) is 10.8 Å². The maximum absolute atomic E-state index is 14.0. The Hall–Kier alpha value is -1.96. The molecule has 0 amide bonds. The Morgan fingerprint density at radius 1 is 1.09 bits per heavy atom. The molecule has 3 N–H and O–H groups in total. The van der Waals surface area contributed by atoms with Crippen LogP contribution in [0, 0.1) is 17.3 Å². The number of ketones is 1. The Morgan fingerprint density at radius 2 is 1.73 bits per heavy atom. The van der Waals surface area contributed by atoms with Crippen LogP contribution in [0.4, 0.5) is 0 Å². The van der Waals surface area contributed by atoms with Crippen LogP contribution in [0.2, 0.25) is 10.0 Å². The van der Waals surface area contributed by atoms with Crippen LogP contribution in [0.25, 0.3) is 0 Å². The van der Waals surface area contributed by atoms with Gasteiger partial charge in [0, 0.05) is 40.6 Å². The van der Waals surface area contributed by atoms with Crippen LogP contribution in [0.15, 0.2) is 48.5 Å². The zero-order valence-electron chi connectivity index (χ0n) is 19.0. The van der Waals surface area contributed by atoms with Gasteiger partial charge in [0.15, 0.2) is 5.78 Å². The first-order chi connectivity index (χ1) is 15.5. The van der Waals surface area contributed by atoms with Crippen LogP contribution in [-0.2, 0) is 14.3 Å². The number of carboxylic acid groups (broad SMARTS) is 1. The SMILES string of the molecule is COC(C(=O)C1C(c2ccccc2)NC(C(=O)O)C1C(C)(C)C)C(O)c1ccc(Cl)cc1Cl. The fraction of sp³-hybridized carbons (Fsp3) is 0.440. The fourth-order valence-corrected chi connectivity index (χ4v) is 5.40. The molecule has 3 rings (SSSR count). The normalized spacial score (nSPS) is 24.9. The van der Waals surface area contributed by atoms with Crippen LogP contribution in [0.5, 0.6) is 0 Å². The minimum atomic E-state index is -1.35. The lowest BCUT2D eigenvalue weighted by molar-refractivity contribution is -0.145. The Bertz CT molecular complexity index is 1010. The molecule has 0 aromatic heterocycles. The Morgan fingerprint density at radius 3 is 2.24 bits per heavy atom. The van der Waals surface area contributed by atoms with E-state index in [1.54, 1.807) is 12.1 Å². The first kappa shape index (κ1) is 25.7. The number of Topliss-reactive ketones (excluding diaryl/α,β-unsaturated/α-hetero) is 1. The highest BCUT2D eigenvalue weighted by Gasteiger charge is 2.56. The van der Waals surface area contributed by atoms with E-state index >= 15 is 0 Å². The number of aliphatic hydroxyl groups excluding tert-OH is 1. The van der Waals surface area contributed by atoms with Crippen molar-refractivity contribution < 1.29 is 24.5 Å². The summed E-state index contributed by atoms with van der Waals surface area (Å²) in [4.78, 5) is 26.2. The zero-order valence-corrected chi connectivity index (χ0v) is 20.5. The van der Waals surface area contributed by atoms with E-state index in [0.717, 1.165) is 5.56 Å². The molecule has 1 aliphatic heterocycles. The molecule has 33 heavy (non-hydrogen) atoms. The summed E-state index contributed by atoms with van der Waals surface area (Å²) in [6.07, 6.45) is -2.60. The van der Waals surface area contributed by atoms with E-state index in [9.17, 15) is 19.8 Å². The number of nitrogens with one attached hydrogen (secondary N) is 1. The van der Waals surface area contributed by atoms with Crippen molar-refractivity contribution in [1.29, 1.82) is 0 Å². The second-order valence-corrected chi connectivity index (χ2v) is 10.3. The molecule has 0 aliphatic carbocycles. The first-order valence-electron chi connectivity index (χ1n) is 10.7. The molecule has 0 bridgehead atoms. The zero-order chi connectivity index (χ0) is 24.5. The number of halogens is 2. The van der Waals surface area contributed by atoms with E-state index in [4.69, 9.17) is 27.9 Å². The number of carboxylic acids is 1. The Kier molecular flexibility index (Phi) is 7.87. The molecule has 1 aliphatic rings. The number of aliphatic hydroxyl groups is 1. The third-order valence-corrected chi connectivity index (χ3v) is 6.88. The van der Waals surface area contributed by atoms with Crippen molar-refractivity contribution in [2.45, 2.75) is 45.1 Å². The lowest BCUT2D eigenvalue weighted by atomic mass is 9.67. The summed E-state index contributed by atoms with van der Waals surface area (Å²) in [6.45, 7) is 5.74. The highest BCUT2D eigenvalue weighted by atomic mass is 35.5. The summed E-state index contributed by atoms with van der Waals surface area (Å²) in [6, 6.07) is 12.4. The van der Waals surface area contributed by atoms with Crippen molar-refractivity contribution in [2.75, 3.05) is 7.11 Å². The molecular weight excluding hydrogens is 465 g/mol. The van der Waals surface area contributed by atoms with Gasteiger partial charge in [-0.15, -0.1) is 0 Å². The minimum absolute atomic E-state index is 0.213. The molecular formula is C25H29Cl2NO5. The summed E-state index contributed by atoms with van der Waals surface area (Å²) >= 11 is 12.3. The lowest BCUT2D eigenvalue weighted by Gasteiger charge is -2.36. The van der Waals surface area contributed by atoms with Gasteiger partial charge in [-0.1, -0.05) is 80.4 Å². The Labute approximate surface area is 203 Å². The number of rotatable bonds is 7. The van der Waals surface area contributed by atoms with Crippen molar-refractivity contribution in [3.63, 3.8) is 0 Å². The maximum atomic E-state index is 14.0. The lowest BCUT2D eigenvalue weighted by Crippen LogP contribution is -2.45. The number of methoxy groups -OCH3 is 1. The van der Waals surface area contributed by atoms with Gasteiger partial charge in [-0.05, 0) is 23.1 Å². The number of hydrogen-bond donors (Lipinski definition) is 3. The average Bonchev–Trinajstić information content (AvgIpc) is 3.16. The fourth-order valence-electron chi connectivity index (χ4n) is 4.88. The number of benzene rings is 2. The van der Waals surface area contributed by atoms with Gasteiger partial charge in [0.25, 0.3) is 0 Å². The van der Waals surface area contributed by atoms with Gasteiger partial charge >= 0.3 is 5.97 Å². The summed E-state index contributed by atoms with van der Waals surface area (Å²) in [5, 5.41) is 24.8. The van der Waals surface area contributed by atoms with Gasteiger partial charge in [-0.2, -0.15) is 0 Å². The number of carbonyl (C=O) groups is 2.